The van der Waals surface area contributed by atoms with Gasteiger partial charge in [-0.05, 0) is 42.0 Å². The molecule has 2 N–H and O–H groups in total. The normalized spacial score (nSPS) is 19.4. The van der Waals surface area contributed by atoms with Crippen LogP contribution in [0.15, 0.2) is 59.5 Å². The lowest BCUT2D eigenvalue weighted by Crippen LogP contribution is -2.52. The second kappa shape index (κ2) is 7.17. The zero-order valence-corrected chi connectivity index (χ0v) is 17.9. The van der Waals surface area contributed by atoms with E-state index in [1.54, 1.807) is 41.3 Å². The van der Waals surface area contributed by atoms with Crippen molar-refractivity contribution in [3.63, 3.8) is 0 Å². The van der Waals surface area contributed by atoms with E-state index in [9.17, 15) is 14.4 Å². The van der Waals surface area contributed by atoms with E-state index in [0.717, 1.165) is 11.3 Å². The maximum atomic E-state index is 13.1. The molecule has 4 aromatic rings. The number of urea groups is 1. The molecule has 0 aliphatic carbocycles. The van der Waals surface area contributed by atoms with Gasteiger partial charge in [-0.1, -0.05) is 6.07 Å². The summed E-state index contributed by atoms with van der Waals surface area (Å²) in [6.45, 7) is 0.190. The minimum absolute atomic E-state index is 0.101. The number of amides is 4. The zero-order chi connectivity index (χ0) is 23.4. The molecule has 34 heavy (non-hydrogen) atoms. The molecule has 170 valence electrons. The van der Waals surface area contributed by atoms with Gasteiger partial charge in [-0.2, -0.15) is 5.10 Å². The van der Waals surface area contributed by atoms with Crippen molar-refractivity contribution in [2.75, 3.05) is 13.7 Å². The Morgan fingerprint density at radius 1 is 1.15 bits per heavy atom. The minimum atomic E-state index is -1.58. The molecule has 6 rings (SSSR count). The van der Waals surface area contributed by atoms with Crippen LogP contribution in [0.2, 0.25) is 0 Å². The number of fused-ring (bicyclic) bond motifs is 2. The summed E-state index contributed by atoms with van der Waals surface area (Å²) in [4.78, 5) is 43.9. The van der Waals surface area contributed by atoms with Crippen LogP contribution in [0, 0.1) is 0 Å². The molecule has 0 saturated carbocycles. The Labute approximate surface area is 192 Å². The smallest absolute Gasteiger partial charge is 0.322 e. The summed E-state index contributed by atoms with van der Waals surface area (Å²) < 4.78 is 12.9. The summed E-state index contributed by atoms with van der Waals surface area (Å²) in [5.41, 5.74) is 1.01. The van der Waals surface area contributed by atoms with Crippen LogP contribution in [0.5, 0.6) is 5.75 Å². The van der Waals surface area contributed by atoms with E-state index in [4.69, 9.17) is 9.15 Å². The van der Waals surface area contributed by atoms with Crippen molar-refractivity contribution >= 4 is 28.8 Å². The first kappa shape index (κ1) is 20.0. The standard InChI is InChI=1S/C23H18N6O5/c1-33-16-4-2-13-9-28(20(30)17(13)8-16)10-23(21(31)26-22(32)27-23)19-7-14-6-15(3-5-18(14)34-19)29-12-24-11-25-29/h2-8,11-12H,9-10H2,1H3,(H2,26,27,31,32)/t23-/m0/s1. The fraction of sp³-hybridized carbons (Fsp3) is 0.174. The van der Waals surface area contributed by atoms with Crippen LogP contribution in [-0.4, -0.2) is 51.2 Å². The number of carbonyl (C=O) groups is 3. The van der Waals surface area contributed by atoms with Crippen LogP contribution in [-0.2, 0) is 16.9 Å². The minimum Gasteiger partial charge on any atom is -0.497 e. The second-order valence-electron chi connectivity index (χ2n) is 8.17. The monoisotopic (exact) mass is 458 g/mol. The van der Waals surface area contributed by atoms with E-state index in [-0.39, 0.29) is 18.2 Å². The molecule has 11 heteroatoms. The number of nitrogens with zero attached hydrogens (tertiary/aromatic N) is 4. The SMILES string of the molecule is COc1ccc2c(c1)C(=O)N(C[C@@]1(c3cc4cc(-n5cncn5)ccc4o3)NC(=O)NC1=O)C2. The van der Waals surface area contributed by atoms with E-state index in [1.165, 1.54) is 18.3 Å². The summed E-state index contributed by atoms with van der Waals surface area (Å²) in [5.74, 6) is -0.0554. The summed E-state index contributed by atoms with van der Waals surface area (Å²) >= 11 is 0. The first-order valence-corrected chi connectivity index (χ1v) is 10.5. The van der Waals surface area contributed by atoms with Gasteiger partial charge in [-0.25, -0.2) is 14.5 Å². The maximum absolute atomic E-state index is 13.1. The third-order valence-corrected chi connectivity index (χ3v) is 6.17. The van der Waals surface area contributed by atoms with Gasteiger partial charge in [0.2, 0.25) is 0 Å². The number of methoxy groups -OCH3 is 1. The molecular formula is C23H18N6O5. The Bertz CT molecular complexity index is 1480. The molecule has 0 spiro atoms. The predicted molar refractivity (Wildman–Crippen MR) is 117 cm³/mol. The molecule has 11 nitrogen and oxygen atoms in total. The molecule has 1 fully saturated rings. The van der Waals surface area contributed by atoms with Crippen molar-refractivity contribution in [3.05, 3.63) is 72.0 Å². The molecule has 2 aliphatic rings. The molecule has 2 aromatic heterocycles. The number of rotatable bonds is 5. The van der Waals surface area contributed by atoms with Crippen LogP contribution >= 0.6 is 0 Å². The molecule has 0 radical (unpaired) electrons. The first-order chi connectivity index (χ1) is 16.5. The van der Waals surface area contributed by atoms with Crippen LogP contribution in [0.1, 0.15) is 21.7 Å². The first-order valence-electron chi connectivity index (χ1n) is 10.5. The molecule has 0 unspecified atom stereocenters. The van der Waals surface area contributed by atoms with Crippen LogP contribution in [0.4, 0.5) is 4.79 Å². The van der Waals surface area contributed by atoms with Crippen LogP contribution < -0.4 is 15.4 Å². The number of hydrogen-bond acceptors (Lipinski definition) is 7. The van der Waals surface area contributed by atoms with Crippen LogP contribution in [0.25, 0.3) is 16.7 Å². The molecule has 4 amide bonds. The van der Waals surface area contributed by atoms with Crippen molar-refractivity contribution in [2.24, 2.45) is 0 Å². The summed E-state index contributed by atoms with van der Waals surface area (Å²) in [6, 6.07) is 11.7. The summed E-state index contributed by atoms with van der Waals surface area (Å²) in [5, 5.41) is 9.81. The Balaban J connectivity index is 1.39. The summed E-state index contributed by atoms with van der Waals surface area (Å²) in [6.07, 6.45) is 3.00. The quantitative estimate of drug-likeness (QED) is 0.435. The maximum Gasteiger partial charge on any atom is 0.322 e. The lowest BCUT2D eigenvalue weighted by Gasteiger charge is -2.29. The number of nitrogens with one attached hydrogen (secondary N) is 2. The molecule has 2 aromatic carbocycles. The van der Waals surface area contributed by atoms with Gasteiger partial charge in [0.05, 0.1) is 19.3 Å². The largest absolute Gasteiger partial charge is 0.497 e. The average molecular weight is 458 g/mol. The zero-order valence-electron chi connectivity index (χ0n) is 17.9. The highest BCUT2D eigenvalue weighted by Crippen LogP contribution is 2.35. The van der Waals surface area contributed by atoms with Gasteiger partial charge in [-0.15, -0.1) is 0 Å². The molecule has 1 atom stereocenters. The predicted octanol–water partition coefficient (Wildman–Crippen LogP) is 1.71. The fourth-order valence-corrected chi connectivity index (χ4v) is 4.46. The Hall–Kier alpha value is -4.67. The Morgan fingerprint density at radius 3 is 2.76 bits per heavy atom. The van der Waals surface area contributed by atoms with E-state index >= 15 is 0 Å². The number of carbonyl (C=O) groups excluding carboxylic acids is 3. The average Bonchev–Trinajstić information content (AvgIpc) is 3.61. The fourth-order valence-electron chi connectivity index (χ4n) is 4.46. The Morgan fingerprint density at radius 2 is 2.03 bits per heavy atom. The number of ether oxygens (including phenoxy) is 1. The van der Waals surface area contributed by atoms with Gasteiger partial charge >= 0.3 is 6.03 Å². The highest BCUT2D eigenvalue weighted by molar-refractivity contribution is 6.08. The van der Waals surface area contributed by atoms with Crippen molar-refractivity contribution < 1.29 is 23.5 Å². The van der Waals surface area contributed by atoms with E-state index in [1.807, 2.05) is 12.1 Å². The second-order valence-corrected chi connectivity index (χ2v) is 8.17. The van der Waals surface area contributed by atoms with Gasteiger partial charge < -0.3 is 19.4 Å². The van der Waals surface area contributed by atoms with E-state index in [2.05, 4.69) is 20.7 Å². The Kier molecular flexibility index (Phi) is 4.21. The van der Waals surface area contributed by atoms with Crippen molar-refractivity contribution in [1.82, 2.24) is 30.3 Å². The topological polar surface area (TPSA) is 132 Å². The number of imide groups is 1. The molecule has 4 heterocycles. The van der Waals surface area contributed by atoms with Crippen molar-refractivity contribution in [1.29, 1.82) is 0 Å². The van der Waals surface area contributed by atoms with Gasteiger partial charge in [0.1, 0.15) is 29.7 Å². The van der Waals surface area contributed by atoms with Crippen molar-refractivity contribution in [3.8, 4) is 11.4 Å². The lowest BCUT2D eigenvalue weighted by molar-refractivity contribution is -0.125. The van der Waals surface area contributed by atoms with E-state index in [0.29, 0.717) is 28.8 Å². The highest BCUT2D eigenvalue weighted by Gasteiger charge is 2.53. The lowest BCUT2D eigenvalue weighted by atomic mass is 9.95. The third-order valence-electron chi connectivity index (χ3n) is 6.17. The molecule has 1 saturated heterocycles. The van der Waals surface area contributed by atoms with Gasteiger partial charge in [0.15, 0.2) is 5.54 Å². The van der Waals surface area contributed by atoms with Gasteiger partial charge in [-0.3, -0.25) is 14.9 Å². The summed E-state index contributed by atoms with van der Waals surface area (Å²) in [7, 11) is 1.53. The van der Waals surface area contributed by atoms with Gasteiger partial charge in [0, 0.05) is 17.5 Å². The number of benzene rings is 2. The number of hydrogen-bond donors (Lipinski definition) is 2. The molecule has 0 bridgehead atoms. The molecular weight excluding hydrogens is 440 g/mol. The highest BCUT2D eigenvalue weighted by atomic mass is 16.5. The third kappa shape index (κ3) is 2.94. The number of furan rings is 1. The van der Waals surface area contributed by atoms with Crippen molar-refractivity contribution in [2.45, 2.75) is 12.1 Å². The van der Waals surface area contributed by atoms with Crippen LogP contribution in [0.3, 0.4) is 0 Å². The van der Waals surface area contributed by atoms with E-state index < -0.39 is 17.5 Å². The van der Waals surface area contributed by atoms with Gasteiger partial charge in [0.25, 0.3) is 11.8 Å². The number of aromatic nitrogens is 3. The molecule has 2 aliphatic heterocycles.